The molecule has 0 fully saturated rings. The van der Waals surface area contributed by atoms with Crippen molar-refractivity contribution >= 4 is 23.2 Å². The fourth-order valence-electron chi connectivity index (χ4n) is 1.66. The molecule has 0 aliphatic heterocycles. The lowest BCUT2D eigenvalue weighted by Gasteiger charge is -2.08. The van der Waals surface area contributed by atoms with Crippen LogP contribution in [-0.4, -0.2) is 22.0 Å². The van der Waals surface area contributed by atoms with Crippen molar-refractivity contribution in [1.29, 1.82) is 0 Å². The number of phenolic OH excluding ortho intramolecular Hbond substituents is 2. The molecule has 21 heavy (non-hydrogen) atoms. The SMILES string of the molecule is Cc1ccc(O)c(NC(=O)C(=O)Nc2ccc(O)cc2)c1. The van der Waals surface area contributed by atoms with E-state index in [-0.39, 0.29) is 17.2 Å². The third-order valence-corrected chi connectivity index (χ3v) is 2.73. The zero-order valence-electron chi connectivity index (χ0n) is 11.3. The maximum atomic E-state index is 11.8. The molecule has 0 radical (unpaired) electrons. The second-order valence-electron chi connectivity index (χ2n) is 4.48. The number of aromatic hydroxyl groups is 2. The van der Waals surface area contributed by atoms with Gasteiger partial charge in [-0.15, -0.1) is 0 Å². The molecular weight excluding hydrogens is 272 g/mol. The molecule has 0 aromatic heterocycles. The highest BCUT2D eigenvalue weighted by atomic mass is 16.3. The number of aryl methyl sites for hydroxylation is 1. The molecule has 6 heteroatoms. The van der Waals surface area contributed by atoms with Crippen LogP contribution < -0.4 is 10.6 Å². The van der Waals surface area contributed by atoms with Gasteiger partial charge < -0.3 is 20.8 Å². The summed E-state index contributed by atoms with van der Waals surface area (Å²) in [6, 6.07) is 10.4. The van der Waals surface area contributed by atoms with Crippen molar-refractivity contribution in [3.8, 4) is 11.5 Å². The highest BCUT2D eigenvalue weighted by Crippen LogP contribution is 2.23. The molecule has 2 aromatic rings. The van der Waals surface area contributed by atoms with Gasteiger partial charge in [-0.3, -0.25) is 9.59 Å². The molecule has 0 bridgehead atoms. The van der Waals surface area contributed by atoms with E-state index in [4.69, 9.17) is 5.11 Å². The van der Waals surface area contributed by atoms with Gasteiger partial charge in [-0.25, -0.2) is 0 Å². The first-order valence-electron chi connectivity index (χ1n) is 6.16. The smallest absolute Gasteiger partial charge is 0.314 e. The van der Waals surface area contributed by atoms with E-state index < -0.39 is 11.8 Å². The Labute approximate surface area is 121 Å². The number of nitrogens with one attached hydrogen (secondary N) is 2. The van der Waals surface area contributed by atoms with Gasteiger partial charge in [0.05, 0.1) is 5.69 Å². The topological polar surface area (TPSA) is 98.7 Å². The van der Waals surface area contributed by atoms with Gasteiger partial charge in [-0.05, 0) is 48.9 Å². The standard InChI is InChI=1S/C15H14N2O4/c1-9-2-7-13(19)12(8-9)17-15(21)14(20)16-10-3-5-11(18)6-4-10/h2-8,18-19H,1H3,(H,16,20)(H,17,21). The van der Waals surface area contributed by atoms with Crippen LogP contribution in [0.4, 0.5) is 11.4 Å². The fourth-order valence-corrected chi connectivity index (χ4v) is 1.66. The van der Waals surface area contributed by atoms with Crippen LogP contribution in [0.5, 0.6) is 11.5 Å². The Kier molecular flexibility index (Phi) is 4.08. The van der Waals surface area contributed by atoms with Gasteiger partial charge in [0.25, 0.3) is 0 Å². The number of rotatable bonds is 2. The van der Waals surface area contributed by atoms with E-state index in [0.717, 1.165) is 5.56 Å². The van der Waals surface area contributed by atoms with E-state index in [1.165, 1.54) is 30.3 Å². The summed E-state index contributed by atoms with van der Waals surface area (Å²) in [7, 11) is 0. The molecule has 0 heterocycles. The van der Waals surface area contributed by atoms with E-state index in [2.05, 4.69) is 10.6 Å². The predicted molar refractivity (Wildman–Crippen MR) is 78.2 cm³/mol. The number of anilines is 2. The van der Waals surface area contributed by atoms with Crippen LogP contribution in [0.1, 0.15) is 5.56 Å². The van der Waals surface area contributed by atoms with Crippen LogP contribution in [0.25, 0.3) is 0 Å². The predicted octanol–water partition coefficient (Wildman–Crippen LogP) is 1.98. The molecule has 0 unspecified atom stereocenters. The molecule has 2 rings (SSSR count). The van der Waals surface area contributed by atoms with Crippen molar-refractivity contribution < 1.29 is 19.8 Å². The fraction of sp³-hybridized carbons (Fsp3) is 0.0667. The summed E-state index contributed by atoms with van der Waals surface area (Å²) >= 11 is 0. The maximum Gasteiger partial charge on any atom is 0.314 e. The number of hydrogen-bond acceptors (Lipinski definition) is 4. The molecule has 2 aromatic carbocycles. The lowest BCUT2D eigenvalue weighted by Crippen LogP contribution is -2.29. The molecule has 0 aliphatic carbocycles. The van der Waals surface area contributed by atoms with Crippen molar-refractivity contribution in [3.63, 3.8) is 0 Å². The number of carbonyl (C=O) groups excluding carboxylic acids is 2. The highest BCUT2D eigenvalue weighted by Gasteiger charge is 2.15. The third-order valence-electron chi connectivity index (χ3n) is 2.73. The van der Waals surface area contributed by atoms with Crippen molar-refractivity contribution in [2.24, 2.45) is 0 Å². The van der Waals surface area contributed by atoms with Crippen LogP contribution in [0.3, 0.4) is 0 Å². The zero-order chi connectivity index (χ0) is 15.4. The van der Waals surface area contributed by atoms with Gasteiger partial charge >= 0.3 is 11.8 Å². The lowest BCUT2D eigenvalue weighted by atomic mass is 10.2. The second kappa shape index (κ2) is 5.96. The molecule has 0 spiro atoms. The van der Waals surface area contributed by atoms with E-state index >= 15 is 0 Å². The average molecular weight is 286 g/mol. The average Bonchev–Trinajstić information content (AvgIpc) is 2.45. The van der Waals surface area contributed by atoms with Crippen molar-refractivity contribution in [2.45, 2.75) is 6.92 Å². The largest absolute Gasteiger partial charge is 0.508 e. The lowest BCUT2D eigenvalue weighted by molar-refractivity contribution is -0.133. The molecule has 0 saturated carbocycles. The summed E-state index contributed by atoms with van der Waals surface area (Å²) in [6.45, 7) is 1.80. The first-order chi connectivity index (χ1) is 9.95. The molecular formula is C15H14N2O4. The van der Waals surface area contributed by atoms with Crippen LogP contribution in [0.15, 0.2) is 42.5 Å². The number of hydrogen-bond donors (Lipinski definition) is 4. The van der Waals surface area contributed by atoms with Gasteiger partial charge in [0.2, 0.25) is 0 Å². The van der Waals surface area contributed by atoms with E-state index in [9.17, 15) is 14.7 Å². The van der Waals surface area contributed by atoms with Crippen molar-refractivity contribution in [2.75, 3.05) is 10.6 Å². The van der Waals surface area contributed by atoms with Gasteiger partial charge in [-0.1, -0.05) is 6.07 Å². The Morgan fingerprint density at radius 2 is 1.52 bits per heavy atom. The van der Waals surface area contributed by atoms with Gasteiger partial charge in [0, 0.05) is 5.69 Å². The minimum absolute atomic E-state index is 0.0575. The van der Waals surface area contributed by atoms with Crippen LogP contribution in [0.2, 0.25) is 0 Å². The van der Waals surface area contributed by atoms with Crippen LogP contribution in [-0.2, 0) is 9.59 Å². The Morgan fingerprint density at radius 1 is 0.905 bits per heavy atom. The quantitative estimate of drug-likeness (QED) is 0.385. The number of phenols is 2. The van der Waals surface area contributed by atoms with E-state index in [1.54, 1.807) is 19.1 Å². The Hall–Kier alpha value is -3.02. The number of carbonyl (C=O) groups is 2. The molecule has 0 saturated heterocycles. The molecule has 4 N–H and O–H groups in total. The van der Waals surface area contributed by atoms with Gasteiger partial charge in [0.1, 0.15) is 11.5 Å². The first-order valence-corrected chi connectivity index (χ1v) is 6.16. The van der Waals surface area contributed by atoms with E-state index in [1.807, 2.05) is 0 Å². The molecule has 0 aliphatic rings. The summed E-state index contributed by atoms with van der Waals surface area (Å²) in [6.07, 6.45) is 0. The monoisotopic (exact) mass is 286 g/mol. The Morgan fingerprint density at radius 3 is 2.19 bits per heavy atom. The summed E-state index contributed by atoms with van der Waals surface area (Å²) in [4.78, 5) is 23.5. The van der Waals surface area contributed by atoms with E-state index in [0.29, 0.717) is 5.69 Å². The first kappa shape index (κ1) is 14.4. The number of benzene rings is 2. The molecule has 0 atom stereocenters. The molecule has 2 amide bonds. The normalized spacial score (nSPS) is 9.95. The van der Waals surface area contributed by atoms with Crippen LogP contribution >= 0.6 is 0 Å². The summed E-state index contributed by atoms with van der Waals surface area (Å²) in [5.74, 6) is -1.83. The second-order valence-corrected chi connectivity index (χ2v) is 4.48. The summed E-state index contributed by atoms with van der Waals surface area (Å²) in [5, 5.41) is 23.5. The van der Waals surface area contributed by atoms with Crippen molar-refractivity contribution in [3.05, 3.63) is 48.0 Å². The molecule has 6 nitrogen and oxygen atoms in total. The minimum Gasteiger partial charge on any atom is -0.508 e. The Balaban J connectivity index is 2.04. The zero-order valence-corrected chi connectivity index (χ0v) is 11.3. The molecule has 108 valence electrons. The maximum absolute atomic E-state index is 11.8. The van der Waals surface area contributed by atoms with Gasteiger partial charge in [-0.2, -0.15) is 0 Å². The minimum atomic E-state index is -0.899. The van der Waals surface area contributed by atoms with Gasteiger partial charge in [0.15, 0.2) is 0 Å². The van der Waals surface area contributed by atoms with Crippen molar-refractivity contribution in [1.82, 2.24) is 0 Å². The highest BCUT2D eigenvalue weighted by molar-refractivity contribution is 6.43. The number of amides is 2. The third kappa shape index (κ3) is 3.73. The Bertz CT molecular complexity index is 681. The van der Waals surface area contributed by atoms with Crippen LogP contribution in [0, 0.1) is 6.92 Å². The summed E-state index contributed by atoms with van der Waals surface area (Å²) < 4.78 is 0. The summed E-state index contributed by atoms with van der Waals surface area (Å²) in [5.41, 5.74) is 1.38.